The van der Waals surface area contributed by atoms with Crippen LogP contribution in [0.4, 0.5) is 11.4 Å². The number of methoxy groups -OCH3 is 1. The molecule has 2 saturated heterocycles. The molecule has 0 radical (unpaired) electrons. The van der Waals surface area contributed by atoms with E-state index in [9.17, 15) is 14.7 Å². The van der Waals surface area contributed by atoms with Gasteiger partial charge in [-0.1, -0.05) is 65.4 Å². The molecular weight excluding hydrogens is 612 g/mol. The second-order valence-corrected chi connectivity index (χ2v) is 17.8. The van der Waals surface area contributed by atoms with Crippen LogP contribution in [0.3, 0.4) is 0 Å². The number of amides is 2. The number of benzene rings is 3. The summed E-state index contributed by atoms with van der Waals surface area (Å²) in [5.41, 5.74) is 2.44. The Morgan fingerprint density at radius 1 is 1.10 bits per heavy atom. The Kier molecular flexibility index (Phi) is 7.58. The highest BCUT2D eigenvalue weighted by Gasteiger charge is 2.66. The number of aliphatic hydroxyl groups is 1. The van der Waals surface area contributed by atoms with Gasteiger partial charge in [0, 0.05) is 41.2 Å². The van der Waals surface area contributed by atoms with E-state index in [1.165, 1.54) is 5.19 Å². The molecule has 7 nitrogen and oxygen atoms in total. The highest BCUT2D eigenvalue weighted by atomic mass is 79.9. The van der Waals surface area contributed by atoms with E-state index in [1.807, 2.05) is 59.5 Å². The number of aliphatic hydroxyl groups excluding tert-OH is 1. The van der Waals surface area contributed by atoms with E-state index in [4.69, 9.17) is 9.47 Å². The molecule has 1 spiro atoms. The van der Waals surface area contributed by atoms with Crippen LogP contribution in [-0.2, 0) is 26.5 Å². The minimum atomic E-state index is -2.24. The Balaban J connectivity index is 1.40. The second-order valence-electron chi connectivity index (χ2n) is 12.2. The lowest BCUT2D eigenvalue weighted by Gasteiger charge is -2.37. The van der Waals surface area contributed by atoms with Crippen molar-refractivity contribution in [2.45, 2.75) is 56.7 Å². The summed E-state index contributed by atoms with van der Waals surface area (Å²) in [6.07, 6.45) is 0.762. The van der Waals surface area contributed by atoms with Crippen LogP contribution < -0.4 is 19.7 Å². The highest BCUT2D eigenvalue weighted by molar-refractivity contribution is 9.10. The molecule has 3 aromatic rings. The van der Waals surface area contributed by atoms with E-state index in [-0.39, 0.29) is 36.0 Å². The average molecular weight is 650 g/mol. The number of β-lactam (4-membered cyclic amide) rings is 1. The van der Waals surface area contributed by atoms with Crippen molar-refractivity contribution in [3.63, 3.8) is 0 Å². The van der Waals surface area contributed by atoms with Crippen molar-refractivity contribution in [1.29, 1.82) is 0 Å². The molecule has 0 saturated carbocycles. The number of carbonyl (C=O) groups is 2. The summed E-state index contributed by atoms with van der Waals surface area (Å²) < 4.78 is 13.3. The van der Waals surface area contributed by atoms with Gasteiger partial charge in [0.25, 0.3) is 5.91 Å². The van der Waals surface area contributed by atoms with Crippen molar-refractivity contribution in [2.24, 2.45) is 5.92 Å². The number of rotatable bonds is 8. The Labute approximate surface area is 256 Å². The van der Waals surface area contributed by atoms with E-state index in [0.717, 1.165) is 39.3 Å². The van der Waals surface area contributed by atoms with Gasteiger partial charge in [-0.25, -0.2) is 0 Å². The monoisotopic (exact) mass is 648 g/mol. The smallest absolute Gasteiger partial charge is 0.264 e. The van der Waals surface area contributed by atoms with Crippen molar-refractivity contribution >= 4 is 52.4 Å². The van der Waals surface area contributed by atoms with E-state index in [1.54, 1.807) is 12.0 Å². The minimum Gasteiger partial charge on any atom is -0.497 e. The third-order valence-corrected chi connectivity index (χ3v) is 14.5. The summed E-state index contributed by atoms with van der Waals surface area (Å²) in [5, 5.41) is 11.4. The molecule has 42 heavy (non-hydrogen) atoms. The minimum absolute atomic E-state index is 0.0116. The first-order valence-corrected chi connectivity index (χ1v) is 18.4. The van der Waals surface area contributed by atoms with Crippen molar-refractivity contribution in [3.05, 3.63) is 82.3 Å². The van der Waals surface area contributed by atoms with E-state index in [0.29, 0.717) is 19.4 Å². The average Bonchev–Trinajstić information content (AvgIpc) is 3.39. The van der Waals surface area contributed by atoms with E-state index < -0.39 is 13.7 Å². The Hall–Kier alpha value is -2.98. The molecule has 1 N–H and O–H groups in total. The molecule has 220 valence electrons. The zero-order chi connectivity index (χ0) is 29.8. The summed E-state index contributed by atoms with van der Waals surface area (Å²) in [6, 6.07) is 22.2. The molecule has 9 heteroatoms. The fourth-order valence-electron chi connectivity index (χ4n) is 7.43. The summed E-state index contributed by atoms with van der Waals surface area (Å²) in [5.74, 6) is 0.730. The van der Waals surface area contributed by atoms with Gasteiger partial charge in [-0.05, 0) is 60.0 Å². The van der Waals surface area contributed by atoms with Gasteiger partial charge < -0.3 is 24.4 Å². The lowest BCUT2D eigenvalue weighted by Crippen LogP contribution is -2.51. The first-order chi connectivity index (χ1) is 20.1. The maximum atomic E-state index is 14.8. The number of carbonyl (C=O) groups excluding carboxylic acids is 2. The molecule has 3 heterocycles. The number of hydrogen-bond donors (Lipinski definition) is 1. The Bertz CT molecular complexity index is 1530. The number of nitrogens with zero attached hydrogens (tertiary/aromatic N) is 2. The third kappa shape index (κ3) is 4.52. The fourth-order valence-corrected chi connectivity index (χ4v) is 11.9. The predicted molar refractivity (Wildman–Crippen MR) is 170 cm³/mol. The molecule has 0 bridgehead atoms. The van der Waals surface area contributed by atoms with Gasteiger partial charge in [-0.2, -0.15) is 0 Å². The molecule has 0 aromatic heterocycles. The van der Waals surface area contributed by atoms with Crippen molar-refractivity contribution in [3.8, 4) is 5.75 Å². The molecular formula is C33H37BrN2O5Si. The summed E-state index contributed by atoms with van der Waals surface area (Å²) >= 11 is 3.65. The molecule has 4 atom stereocenters. The van der Waals surface area contributed by atoms with Crippen LogP contribution in [0, 0.1) is 5.92 Å². The van der Waals surface area contributed by atoms with Crippen LogP contribution in [0.1, 0.15) is 30.9 Å². The SMILES string of the molecule is COc1ccc([Si](C)(C)[C@H]2[C@H](CCO)O[C@@]3(C(=O)N(Cc4cccc(N5CCC5=O)c4)c4ccc(Br)cc43)[C@@H]2C)cc1. The maximum absolute atomic E-state index is 14.8. The summed E-state index contributed by atoms with van der Waals surface area (Å²) in [6.45, 7) is 7.91. The zero-order valence-electron chi connectivity index (χ0n) is 24.5. The number of ether oxygens (including phenoxy) is 2. The van der Waals surface area contributed by atoms with Crippen molar-refractivity contribution in [2.75, 3.05) is 30.1 Å². The van der Waals surface area contributed by atoms with Gasteiger partial charge >= 0.3 is 0 Å². The topological polar surface area (TPSA) is 79.3 Å². The van der Waals surface area contributed by atoms with Crippen LogP contribution in [0.2, 0.25) is 18.6 Å². The summed E-state index contributed by atoms with van der Waals surface area (Å²) in [4.78, 5) is 30.5. The number of hydrogen-bond acceptors (Lipinski definition) is 5. The van der Waals surface area contributed by atoms with Crippen LogP contribution in [0.5, 0.6) is 5.75 Å². The quantitative estimate of drug-likeness (QED) is 0.264. The van der Waals surface area contributed by atoms with Gasteiger partial charge in [-0.15, -0.1) is 0 Å². The Morgan fingerprint density at radius 2 is 1.86 bits per heavy atom. The molecule has 0 aliphatic carbocycles. The van der Waals surface area contributed by atoms with Crippen molar-refractivity contribution in [1.82, 2.24) is 0 Å². The normalized spacial score (nSPS) is 25.2. The van der Waals surface area contributed by atoms with Crippen molar-refractivity contribution < 1.29 is 24.2 Å². The molecule has 3 aliphatic rings. The lowest BCUT2D eigenvalue weighted by atomic mass is 9.82. The van der Waals surface area contributed by atoms with E-state index >= 15 is 0 Å². The van der Waals surface area contributed by atoms with Crippen LogP contribution in [-0.4, -0.2) is 51.4 Å². The standard InChI is InChI=1S/C33H37BrN2O5Si/c1-21-31(42(3,4)26-11-9-25(40-2)10-12-26)29(15-17-37)41-33(21)27-19-23(34)8-13-28(27)36(32(33)39)20-22-6-5-7-24(18-22)35-16-14-30(35)38/h5-13,18-19,21,29,31,37H,14-17,20H2,1-4H3/t21-,29+,31-,33+/m1/s1. The van der Waals surface area contributed by atoms with Crippen LogP contribution >= 0.6 is 15.9 Å². The molecule has 0 unspecified atom stereocenters. The highest BCUT2D eigenvalue weighted by Crippen LogP contribution is 2.60. The van der Waals surface area contributed by atoms with Gasteiger partial charge in [0.1, 0.15) is 5.75 Å². The lowest BCUT2D eigenvalue weighted by molar-refractivity contribution is -0.146. The molecule has 3 aromatic carbocycles. The molecule has 6 rings (SSSR count). The van der Waals surface area contributed by atoms with E-state index in [2.05, 4.69) is 48.1 Å². The van der Waals surface area contributed by atoms with Gasteiger partial charge in [0.05, 0.1) is 33.5 Å². The first kappa shape index (κ1) is 29.1. The Morgan fingerprint density at radius 3 is 2.50 bits per heavy atom. The van der Waals surface area contributed by atoms with Gasteiger partial charge in [0.2, 0.25) is 5.91 Å². The maximum Gasteiger partial charge on any atom is 0.264 e. The number of fused-ring (bicyclic) bond motifs is 2. The first-order valence-electron chi connectivity index (χ1n) is 14.6. The van der Waals surface area contributed by atoms with Crippen LogP contribution in [0.25, 0.3) is 0 Å². The molecule has 2 amide bonds. The largest absolute Gasteiger partial charge is 0.497 e. The number of anilines is 2. The third-order valence-electron chi connectivity index (χ3n) is 9.62. The molecule has 3 aliphatic heterocycles. The molecule has 2 fully saturated rings. The second kappa shape index (κ2) is 10.9. The zero-order valence-corrected chi connectivity index (χ0v) is 27.1. The van der Waals surface area contributed by atoms with Gasteiger partial charge in [0.15, 0.2) is 5.60 Å². The number of halogens is 1. The van der Waals surface area contributed by atoms with Gasteiger partial charge in [-0.3, -0.25) is 9.59 Å². The van der Waals surface area contributed by atoms with Crippen LogP contribution in [0.15, 0.2) is 71.2 Å². The summed E-state index contributed by atoms with van der Waals surface area (Å²) in [7, 11) is -0.570. The predicted octanol–water partition coefficient (Wildman–Crippen LogP) is 5.34. The fraction of sp³-hybridized carbons (Fsp3) is 0.394.